The van der Waals surface area contributed by atoms with Gasteiger partial charge in [0.05, 0.1) is 5.56 Å². The Hall–Kier alpha value is -1.87. The summed E-state index contributed by atoms with van der Waals surface area (Å²) >= 11 is 5.88. The van der Waals surface area contributed by atoms with Crippen molar-refractivity contribution in [1.82, 2.24) is 4.57 Å². The van der Waals surface area contributed by atoms with Crippen LogP contribution in [0.3, 0.4) is 0 Å². The van der Waals surface area contributed by atoms with E-state index in [1.54, 1.807) is 0 Å². The zero-order valence-corrected chi connectivity index (χ0v) is 10.7. The van der Waals surface area contributed by atoms with Crippen LogP contribution in [0.2, 0.25) is 5.02 Å². The van der Waals surface area contributed by atoms with Crippen molar-refractivity contribution in [3.63, 3.8) is 0 Å². The van der Waals surface area contributed by atoms with Gasteiger partial charge >= 0.3 is 0 Å². The lowest BCUT2D eigenvalue weighted by atomic mass is 9.98. The first kappa shape index (κ1) is 11.2. The maximum absolute atomic E-state index is 11.7. The van der Waals surface area contributed by atoms with Crippen molar-refractivity contribution >= 4 is 22.5 Å². The van der Waals surface area contributed by atoms with E-state index in [9.17, 15) is 9.59 Å². The number of halogens is 1. The van der Waals surface area contributed by atoms with Crippen LogP contribution in [0.15, 0.2) is 33.9 Å². The lowest BCUT2D eigenvalue weighted by Gasteiger charge is -2.06. The maximum Gasteiger partial charge on any atom is 0.245 e. The molecule has 0 saturated heterocycles. The molecule has 3 rings (SSSR count). The molecule has 0 fully saturated rings. The minimum atomic E-state index is -0.584. The molecule has 0 saturated carbocycles. The van der Waals surface area contributed by atoms with Crippen LogP contribution in [0.25, 0.3) is 22.0 Å². The van der Waals surface area contributed by atoms with E-state index >= 15 is 0 Å². The number of para-hydroxylation sites is 1. The highest BCUT2D eigenvalue weighted by Crippen LogP contribution is 2.35. The lowest BCUT2D eigenvalue weighted by Crippen LogP contribution is -2.33. The van der Waals surface area contributed by atoms with Crippen molar-refractivity contribution in [2.24, 2.45) is 7.05 Å². The van der Waals surface area contributed by atoms with E-state index in [1.807, 2.05) is 42.8 Å². The normalized spacial score (nSPS) is 11.5. The van der Waals surface area contributed by atoms with Gasteiger partial charge in [0.15, 0.2) is 0 Å². The van der Waals surface area contributed by atoms with E-state index < -0.39 is 10.9 Å². The van der Waals surface area contributed by atoms with Crippen molar-refractivity contribution in [2.75, 3.05) is 0 Å². The van der Waals surface area contributed by atoms with Crippen LogP contribution < -0.4 is 10.9 Å². The fraction of sp³-hybridized carbons (Fsp3) is 0.143. The van der Waals surface area contributed by atoms with Gasteiger partial charge in [0.2, 0.25) is 10.9 Å². The van der Waals surface area contributed by atoms with Crippen molar-refractivity contribution in [3.8, 4) is 11.1 Å². The summed E-state index contributed by atoms with van der Waals surface area (Å²) in [6.07, 6.45) is 0. The minimum Gasteiger partial charge on any atom is -0.347 e. The van der Waals surface area contributed by atoms with Crippen molar-refractivity contribution < 1.29 is 0 Å². The minimum absolute atomic E-state index is 0.0550. The molecule has 0 N–H and O–H groups in total. The zero-order chi connectivity index (χ0) is 13.0. The van der Waals surface area contributed by atoms with E-state index in [0.717, 1.165) is 22.2 Å². The monoisotopic (exact) mass is 259 g/mol. The van der Waals surface area contributed by atoms with Gasteiger partial charge in [-0.05, 0) is 13.0 Å². The van der Waals surface area contributed by atoms with E-state index in [1.165, 1.54) is 0 Å². The van der Waals surface area contributed by atoms with Crippen LogP contribution in [0.4, 0.5) is 0 Å². The predicted octanol–water partition coefficient (Wildman–Crippen LogP) is 2.40. The zero-order valence-electron chi connectivity index (χ0n) is 9.95. The SMILES string of the molecule is Cc1c(-c2c(Cl)c(=O)c2=O)c2ccccc2n1C. The second kappa shape index (κ2) is 3.56. The molecule has 0 aliphatic rings. The summed E-state index contributed by atoms with van der Waals surface area (Å²) in [6.45, 7) is 1.92. The van der Waals surface area contributed by atoms with Gasteiger partial charge < -0.3 is 4.57 Å². The smallest absolute Gasteiger partial charge is 0.245 e. The molecule has 0 aliphatic carbocycles. The van der Waals surface area contributed by atoms with Gasteiger partial charge in [-0.2, -0.15) is 0 Å². The first-order valence-electron chi connectivity index (χ1n) is 5.57. The molecule has 90 valence electrons. The molecule has 3 aromatic rings. The quantitative estimate of drug-likeness (QED) is 0.630. The first-order chi connectivity index (χ1) is 8.54. The summed E-state index contributed by atoms with van der Waals surface area (Å²) < 4.78 is 2.00. The van der Waals surface area contributed by atoms with Gasteiger partial charge in [-0.15, -0.1) is 0 Å². The Morgan fingerprint density at radius 2 is 1.72 bits per heavy atom. The summed E-state index contributed by atoms with van der Waals surface area (Å²) in [6, 6.07) is 7.76. The number of aromatic nitrogens is 1. The van der Waals surface area contributed by atoms with Crippen LogP contribution >= 0.6 is 11.6 Å². The summed E-state index contributed by atoms with van der Waals surface area (Å²) in [7, 11) is 1.93. The molecule has 0 radical (unpaired) electrons. The highest BCUT2D eigenvalue weighted by Gasteiger charge is 2.25. The van der Waals surface area contributed by atoms with Gasteiger partial charge in [0.25, 0.3) is 0 Å². The number of benzene rings is 1. The molecule has 0 spiro atoms. The Kier molecular flexibility index (Phi) is 2.22. The number of aryl methyl sites for hydroxylation is 1. The second-order valence-corrected chi connectivity index (χ2v) is 4.76. The van der Waals surface area contributed by atoms with Crippen molar-refractivity contribution in [1.29, 1.82) is 0 Å². The number of rotatable bonds is 1. The highest BCUT2D eigenvalue weighted by atomic mass is 35.5. The Bertz CT molecular complexity index is 851. The van der Waals surface area contributed by atoms with Crippen LogP contribution in [-0.2, 0) is 7.05 Å². The summed E-state index contributed by atoms with van der Waals surface area (Å²) in [5.41, 5.74) is 2.02. The third-order valence-electron chi connectivity index (χ3n) is 3.50. The Balaban J connectivity index is 2.48. The Labute approximate surface area is 108 Å². The van der Waals surface area contributed by atoms with E-state index in [2.05, 4.69) is 0 Å². The number of fused-ring (bicyclic) bond motifs is 1. The molecule has 0 unspecified atom stereocenters. The predicted molar refractivity (Wildman–Crippen MR) is 73.0 cm³/mol. The summed E-state index contributed by atoms with van der Waals surface area (Å²) in [5.74, 6) is 0. The topological polar surface area (TPSA) is 39.1 Å². The molecule has 0 bridgehead atoms. The Morgan fingerprint density at radius 1 is 1.06 bits per heavy atom. The largest absolute Gasteiger partial charge is 0.347 e. The fourth-order valence-corrected chi connectivity index (χ4v) is 2.69. The first-order valence-corrected chi connectivity index (χ1v) is 5.95. The molecule has 2 aromatic carbocycles. The van der Waals surface area contributed by atoms with Gasteiger partial charge in [0.1, 0.15) is 5.02 Å². The molecule has 0 aliphatic heterocycles. The number of hydrogen-bond donors (Lipinski definition) is 0. The van der Waals surface area contributed by atoms with Gasteiger partial charge in [-0.25, -0.2) is 0 Å². The average molecular weight is 260 g/mol. The van der Waals surface area contributed by atoms with Gasteiger partial charge in [0, 0.05) is 29.2 Å². The van der Waals surface area contributed by atoms with Gasteiger partial charge in [-0.1, -0.05) is 29.8 Å². The Morgan fingerprint density at radius 3 is 2.39 bits per heavy atom. The second-order valence-electron chi connectivity index (χ2n) is 4.38. The van der Waals surface area contributed by atoms with E-state index in [4.69, 9.17) is 11.6 Å². The van der Waals surface area contributed by atoms with Crippen molar-refractivity contribution in [3.05, 3.63) is 55.4 Å². The molecule has 4 heteroatoms. The van der Waals surface area contributed by atoms with Crippen LogP contribution in [0.1, 0.15) is 5.69 Å². The summed E-state index contributed by atoms with van der Waals surface area (Å²) in [5, 5.41) is 1.01. The highest BCUT2D eigenvalue weighted by molar-refractivity contribution is 6.34. The van der Waals surface area contributed by atoms with E-state index in [0.29, 0.717) is 5.56 Å². The standard InChI is InChI=1S/C14H10ClNO2/c1-7-10(11-12(15)14(18)13(11)17)8-5-3-4-6-9(8)16(7)2/h3-6H,1-2H3. The average Bonchev–Trinajstić information content (AvgIpc) is 2.64. The lowest BCUT2D eigenvalue weighted by molar-refractivity contribution is 0.919. The maximum atomic E-state index is 11.7. The molecule has 1 heterocycles. The summed E-state index contributed by atoms with van der Waals surface area (Å²) in [4.78, 5) is 22.9. The number of hydrogen-bond acceptors (Lipinski definition) is 2. The molecule has 0 atom stereocenters. The number of nitrogens with zero attached hydrogens (tertiary/aromatic N) is 1. The van der Waals surface area contributed by atoms with Crippen LogP contribution in [-0.4, -0.2) is 4.57 Å². The van der Waals surface area contributed by atoms with Crippen molar-refractivity contribution in [2.45, 2.75) is 6.92 Å². The fourth-order valence-electron chi connectivity index (χ4n) is 2.42. The molecular formula is C14H10ClNO2. The van der Waals surface area contributed by atoms with Crippen LogP contribution in [0.5, 0.6) is 0 Å². The third-order valence-corrected chi connectivity index (χ3v) is 3.86. The van der Waals surface area contributed by atoms with Crippen LogP contribution in [0, 0.1) is 6.92 Å². The molecular weight excluding hydrogens is 250 g/mol. The molecule has 18 heavy (non-hydrogen) atoms. The third kappa shape index (κ3) is 1.20. The van der Waals surface area contributed by atoms with Gasteiger partial charge in [-0.3, -0.25) is 9.59 Å². The van der Waals surface area contributed by atoms with E-state index in [-0.39, 0.29) is 5.02 Å². The molecule has 3 nitrogen and oxygen atoms in total. The molecule has 0 amide bonds. The molecule has 1 aromatic heterocycles.